The molecule has 1 aliphatic heterocycles. The summed E-state index contributed by atoms with van der Waals surface area (Å²) in [5.41, 5.74) is 3.41. The fraction of sp³-hybridized carbons (Fsp3) is 0.318. The molecule has 4 rings (SSSR count). The van der Waals surface area contributed by atoms with Gasteiger partial charge in [-0.25, -0.2) is 0 Å². The van der Waals surface area contributed by atoms with E-state index < -0.39 is 11.4 Å². The Kier molecular flexibility index (Phi) is 4.08. The van der Waals surface area contributed by atoms with Gasteiger partial charge in [-0.05, 0) is 55.2 Å². The first-order valence-corrected chi connectivity index (χ1v) is 8.99. The molecule has 0 saturated carbocycles. The number of hydrogen-bond acceptors (Lipinski definition) is 3. The maximum Gasteiger partial charge on any atom is 0.315 e. The van der Waals surface area contributed by atoms with Crippen LogP contribution in [0.1, 0.15) is 28.9 Å². The van der Waals surface area contributed by atoms with Crippen LogP contribution in [0.15, 0.2) is 52.9 Å². The Labute approximate surface area is 153 Å². The average Bonchev–Trinajstić information content (AvgIpc) is 3.21. The molecule has 1 unspecified atom stereocenters. The number of benzene rings is 2. The number of aliphatic carboxylic acids is 1. The zero-order valence-corrected chi connectivity index (χ0v) is 15.2. The lowest BCUT2D eigenvalue weighted by Gasteiger charge is -2.25. The lowest BCUT2D eigenvalue weighted by molar-refractivity contribution is -0.143. The number of carbonyl (C=O) groups is 1. The third-order valence-electron chi connectivity index (χ3n) is 5.65. The van der Waals surface area contributed by atoms with Crippen molar-refractivity contribution in [1.29, 1.82) is 0 Å². The minimum absolute atomic E-state index is 0.501. The van der Waals surface area contributed by atoms with Crippen molar-refractivity contribution >= 4 is 16.9 Å². The Hall–Kier alpha value is -2.59. The zero-order chi connectivity index (χ0) is 18.3. The Morgan fingerprint density at radius 3 is 2.62 bits per heavy atom. The van der Waals surface area contributed by atoms with Crippen LogP contribution in [0.5, 0.6) is 0 Å². The van der Waals surface area contributed by atoms with Crippen LogP contribution in [-0.2, 0) is 16.8 Å². The fourth-order valence-electron chi connectivity index (χ4n) is 3.97. The molecule has 1 saturated heterocycles. The molecule has 2 aromatic carbocycles. The van der Waals surface area contributed by atoms with Gasteiger partial charge in [-0.1, -0.05) is 30.3 Å². The molecule has 1 N–H and O–H groups in total. The van der Waals surface area contributed by atoms with Gasteiger partial charge in [0.15, 0.2) is 0 Å². The van der Waals surface area contributed by atoms with E-state index in [1.54, 1.807) is 0 Å². The second-order valence-electron chi connectivity index (χ2n) is 7.40. The number of fused-ring (bicyclic) bond motifs is 1. The monoisotopic (exact) mass is 349 g/mol. The third kappa shape index (κ3) is 2.80. The normalized spacial score (nSPS) is 20.7. The molecule has 0 bridgehead atoms. The molecule has 1 fully saturated rings. The summed E-state index contributed by atoms with van der Waals surface area (Å²) in [4.78, 5) is 14.3. The van der Waals surface area contributed by atoms with Gasteiger partial charge < -0.3 is 9.52 Å². The molecule has 1 aromatic heterocycles. The molecule has 0 radical (unpaired) electrons. The van der Waals surface area contributed by atoms with Crippen molar-refractivity contribution in [1.82, 2.24) is 4.90 Å². The average molecular weight is 349 g/mol. The summed E-state index contributed by atoms with van der Waals surface area (Å²) in [6, 6.07) is 15.9. The molecular weight excluding hydrogens is 326 g/mol. The number of carboxylic acid groups (broad SMARTS) is 1. The van der Waals surface area contributed by atoms with E-state index in [-0.39, 0.29) is 0 Å². The number of furan rings is 1. The largest absolute Gasteiger partial charge is 0.481 e. The van der Waals surface area contributed by atoms with Gasteiger partial charge in [0.1, 0.15) is 16.8 Å². The first-order valence-electron chi connectivity index (χ1n) is 8.99. The quantitative estimate of drug-likeness (QED) is 0.764. The van der Waals surface area contributed by atoms with E-state index in [2.05, 4.69) is 36.9 Å². The van der Waals surface area contributed by atoms with Crippen LogP contribution in [0.25, 0.3) is 11.0 Å². The van der Waals surface area contributed by atoms with Crippen molar-refractivity contribution in [2.75, 3.05) is 13.1 Å². The van der Waals surface area contributed by atoms with Crippen LogP contribution >= 0.6 is 0 Å². The SMILES string of the molecule is Cc1cc2cc(CN3CCC(C(=O)O)(c4ccccc4)C3)oc2cc1C. The van der Waals surface area contributed by atoms with Gasteiger partial charge in [0.2, 0.25) is 0 Å². The van der Waals surface area contributed by atoms with Crippen LogP contribution in [-0.4, -0.2) is 29.1 Å². The number of rotatable bonds is 4. The van der Waals surface area contributed by atoms with Crippen molar-refractivity contribution in [2.45, 2.75) is 32.2 Å². The van der Waals surface area contributed by atoms with E-state index in [0.29, 0.717) is 19.5 Å². The van der Waals surface area contributed by atoms with E-state index in [4.69, 9.17) is 4.42 Å². The third-order valence-corrected chi connectivity index (χ3v) is 5.65. The molecule has 4 heteroatoms. The molecule has 26 heavy (non-hydrogen) atoms. The predicted molar refractivity (Wildman–Crippen MR) is 101 cm³/mol. The van der Waals surface area contributed by atoms with E-state index in [1.165, 1.54) is 11.1 Å². The highest BCUT2D eigenvalue weighted by Crippen LogP contribution is 2.36. The zero-order valence-electron chi connectivity index (χ0n) is 15.2. The van der Waals surface area contributed by atoms with E-state index >= 15 is 0 Å². The van der Waals surface area contributed by atoms with E-state index in [9.17, 15) is 9.90 Å². The number of carboxylic acids is 1. The molecule has 2 heterocycles. The van der Waals surface area contributed by atoms with Gasteiger partial charge in [0, 0.05) is 18.5 Å². The van der Waals surface area contributed by atoms with Crippen LogP contribution in [0.3, 0.4) is 0 Å². The van der Waals surface area contributed by atoms with Crippen molar-refractivity contribution in [2.24, 2.45) is 0 Å². The molecular formula is C22H23NO3. The second-order valence-corrected chi connectivity index (χ2v) is 7.40. The maximum absolute atomic E-state index is 12.1. The van der Waals surface area contributed by atoms with Crippen LogP contribution in [0, 0.1) is 13.8 Å². The van der Waals surface area contributed by atoms with Gasteiger partial charge in [0.05, 0.1) is 6.54 Å². The molecule has 134 valence electrons. The standard InChI is InChI=1S/C22H23NO3/c1-15-10-17-12-19(26-20(17)11-16(15)2)13-23-9-8-22(14-23,21(24)25)18-6-4-3-5-7-18/h3-7,10-12H,8-9,13-14H2,1-2H3,(H,24,25). The smallest absolute Gasteiger partial charge is 0.315 e. The van der Waals surface area contributed by atoms with Crippen molar-refractivity contribution in [3.8, 4) is 0 Å². The van der Waals surface area contributed by atoms with Gasteiger partial charge in [-0.2, -0.15) is 0 Å². The fourth-order valence-corrected chi connectivity index (χ4v) is 3.97. The van der Waals surface area contributed by atoms with Crippen molar-refractivity contribution in [3.05, 3.63) is 71.0 Å². The summed E-state index contributed by atoms with van der Waals surface area (Å²) in [5.74, 6) is 0.140. The topological polar surface area (TPSA) is 53.7 Å². The summed E-state index contributed by atoms with van der Waals surface area (Å²) in [5, 5.41) is 11.0. The predicted octanol–water partition coefficient (Wildman–Crippen LogP) is 4.28. The first-order chi connectivity index (χ1) is 12.5. The summed E-state index contributed by atoms with van der Waals surface area (Å²) < 4.78 is 6.01. The van der Waals surface area contributed by atoms with Crippen molar-refractivity contribution in [3.63, 3.8) is 0 Å². The van der Waals surface area contributed by atoms with E-state index in [0.717, 1.165) is 28.8 Å². The number of aryl methyl sites for hydroxylation is 2. The summed E-state index contributed by atoms with van der Waals surface area (Å²) in [6.45, 7) is 6.06. The molecule has 0 spiro atoms. The Morgan fingerprint density at radius 2 is 1.88 bits per heavy atom. The van der Waals surface area contributed by atoms with Gasteiger partial charge in [-0.15, -0.1) is 0 Å². The Morgan fingerprint density at radius 1 is 1.15 bits per heavy atom. The lowest BCUT2D eigenvalue weighted by Crippen LogP contribution is -2.38. The van der Waals surface area contributed by atoms with Crippen molar-refractivity contribution < 1.29 is 14.3 Å². The van der Waals surface area contributed by atoms with Crippen LogP contribution in [0.2, 0.25) is 0 Å². The molecule has 0 aliphatic carbocycles. The summed E-state index contributed by atoms with van der Waals surface area (Å²) >= 11 is 0. The second kappa shape index (κ2) is 6.29. The first kappa shape index (κ1) is 16.9. The highest BCUT2D eigenvalue weighted by Gasteiger charge is 2.46. The van der Waals surface area contributed by atoms with E-state index in [1.807, 2.05) is 30.3 Å². The highest BCUT2D eigenvalue weighted by molar-refractivity contribution is 5.82. The molecule has 0 amide bonds. The summed E-state index contributed by atoms with van der Waals surface area (Å²) in [6.07, 6.45) is 0.616. The number of nitrogens with zero attached hydrogens (tertiary/aromatic N) is 1. The molecule has 4 nitrogen and oxygen atoms in total. The molecule has 3 aromatic rings. The van der Waals surface area contributed by atoms with Gasteiger partial charge in [0.25, 0.3) is 0 Å². The maximum atomic E-state index is 12.1. The molecule has 1 aliphatic rings. The number of hydrogen-bond donors (Lipinski definition) is 1. The number of likely N-dealkylation sites (tertiary alicyclic amines) is 1. The van der Waals surface area contributed by atoms with Gasteiger partial charge in [-0.3, -0.25) is 9.69 Å². The van der Waals surface area contributed by atoms with Crippen LogP contribution in [0.4, 0.5) is 0 Å². The van der Waals surface area contributed by atoms with Crippen LogP contribution < -0.4 is 0 Å². The minimum atomic E-state index is -0.833. The lowest BCUT2D eigenvalue weighted by atomic mass is 9.80. The Balaban J connectivity index is 1.58. The summed E-state index contributed by atoms with van der Waals surface area (Å²) in [7, 11) is 0. The molecule has 1 atom stereocenters. The highest BCUT2D eigenvalue weighted by atomic mass is 16.4. The minimum Gasteiger partial charge on any atom is -0.481 e. The Bertz CT molecular complexity index is 921. The van der Waals surface area contributed by atoms with Gasteiger partial charge >= 0.3 is 5.97 Å².